The summed E-state index contributed by atoms with van der Waals surface area (Å²) < 4.78 is 43.6. The first kappa shape index (κ1) is 23.2. The van der Waals surface area contributed by atoms with Gasteiger partial charge in [-0.3, -0.25) is 0 Å². The molecule has 1 saturated carbocycles. The van der Waals surface area contributed by atoms with Crippen LogP contribution in [0, 0.1) is 17.7 Å². The number of nitrogens with zero attached hydrogens (tertiary/aromatic N) is 7. The van der Waals surface area contributed by atoms with Crippen molar-refractivity contribution < 1.29 is 13.2 Å². The van der Waals surface area contributed by atoms with Crippen molar-refractivity contribution in [2.45, 2.75) is 18.8 Å². The molecule has 0 radical (unpaired) electrons. The second-order valence-corrected chi connectivity index (χ2v) is 9.60. The number of aromatic nitrogens is 6. The second kappa shape index (κ2) is 8.71. The standard InChI is InChI=1S/C25H24F3N9/c1-36-24(32-17-3-4-18(19(26)8-17)20-6-7-30-23(29)33-20)34-22(35-36)14-2-5-21(31-11-14)37-12-15-9-25(27,28)10-16(15)13-37/h2-8,11,15-16H,9-10,12-13H2,1H3,(H2,29,30,33)(H,32,34,35)/t15-,16+. The average Bonchev–Trinajstić information content (AvgIpc) is 3.49. The highest BCUT2D eigenvalue weighted by Crippen LogP contribution is 2.47. The van der Waals surface area contributed by atoms with Gasteiger partial charge in [-0.2, -0.15) is 4.98 Å². The van der Waals surface area contributed by atoms with E-state index in [1.807, 2.05) is 12.1 Å². The van der Waals surface area contributed by atoms with Crippen molar-refractivity contribution in [3.63, 3.8) is 0 Å². The highest BCUT2D eigenvalue weighted by molar-refractivity contribution is 5.66. The molecule has 4 heterocycles. The maximum Gasteiger partial charge on any atom is 0.248 e. The van der Waals surface area contributed by atoms with E-state index in [2.05, 4.69) is 35.3 Å². The third kappa shape index (κ3) is 4.54. The van der Waals surface area contributed by atoms with E-state index in [1.165, 1.54) is 12.3 Å². The van der Waals surface area contributed by atoms with Gasteiger partial charge in [0.25, 0.3) is 0 Å². The molecule has 3 N–H and O–H groups in total. The van der Waals surface area contributed by atoms with Crippen LogP contribution in [0.5, 0.6) is 0 Å². The van der Waals surface area contributed by atoms with Crippen LogP contribution >= 0.6 is 0 Å². The topological polar surface area (TPSA) is 111 Å². The zero-order valence-corrected chi connectivity index (χ0v) is 19.9. The number of halogens is 3. The molecule has 190 valence electrons. The molecule has 2 aliphatic rings. The maximum absolute atomic E-state index is 14.8. The Morgan fingerprint density at radius 3 is 2.49 bits per heavy atom. The molecule has 0 bridgehead atoms. The zero-order chi connectivity index (χ0) is 25.7. The van der Waals surface area contributed by atoms with Gasteiger partial charge in [0.2, 0.25) is 17.8 Å². The van der Waals surface area contributed by atoms with Crippen molar-refractivity contribution in [3.8, 4) is 22.6 Å². The Labute approximate surface area is 210 Å². The fraction of sp³-hybridized carbons (Fsp3) is 0.320. The highest BCUT2D eigenvalue weighted by atomic mass is 19.3. The lowest BCUT2D eigenvalue weighted by molar-refractivity contribution is 0.00172. The number of alkyl halides is 2. The molecule has 2 atom stereocenters. The van der Waals surface area contributed by atoms with Gasteiger partial charge in [0.1, 0.15) is 11.6 Å². The van der Waals surface area contributed by atoms with Gasteiger partial charge in [-0.15, -0.1) is 5.10 Å². The molecule has 1 saturated heterocycles. The van der Waals surface area contributed by atoms with Gasteiger partial charge in [0, 0.05) is 62.2 Å². The van der Waals surface area contributed by atoms with Crippen LogP contribution in [0.15, 0.2) is 48.8 Å². The highest BCUT2D eigenvalue weighted by Gasteiger charge is 2.50. The number of pyridine rings is 1. The Bertz CT molecular complexity index is 1440. The Balaban J connectivity index is 1.15. The molecule has 3 aromatic heterocycles. The van der Waals surface area contributed by atoms with Gasteiger partial charge in [-0.25, -0.2) is 32.8 Å². The van der Waals surface area contributed by atoms with Crippen LogP contribution in [0.2, 0.25) is 0 Å². The maximum atomic E-state index is 14.8. The number of fused-ring (bicyclic) bond motifs is 1. The number of aryl methyl sites for hydroxylation is 1. The Hall–Kier alpha value is -4.22. The van der Waals surface area contributed by atoms with Crippen LogP contribution in [0.4, 0.5) is 36.6 Å². The van der Waals surface area contributed by atoms with Crippen LogP contribution in [-0.4, -0.2) is 48.7 Å². The lowest BCUT2D eigenvalue weighted by atomic mass is 10.0. The Kier molecular flexibility index (Phi) is 5.46. The molecule has 37 heavy (non-hydrogen) atoms. The van der Waals surface area contributed by atoms with Crippen molar-refractivity contribution in [2.75, 3.05) is 29.0 Å². The van der Waals surface area contributed by atoms with E-state index in [9.17, 15) is 13.2 Å². The summed E-state index contributed by atoms with van der Waals surface area (Å²) in [7, 11) is 1.73. The number of nitrogen functional groups attached to an aromatic ring is 1. The molecule has 0 unspecified atom stereocenters. The van der Waals surface area contributed by atoms with Crippen LogP contribution < -0.4 is 16.0 Å². The first-order chi connectivity index (χ1) is 17.7. The number of hydrogen-bond acceptors (Lipinski definition) is 8. The normalized spacial score (nSPS) is 20.3. The minimum Gasteiger partial charge on any atom is -0.368 e. The van der Waals surface area contributed by atoms with E-state index < -0.39 is 11.7 Å². The van der Waals surface area contributed by atoms with Gasteiger partial charge < -0.3 is 16.0 Å². The second-order valence-electron chi connectivity index (χ2n) is 9.60. The first-order valence-corrected chi connectivity index (χ1v) is 11.9. The number of benzene rings is 1. The predicted molar refractivity (Wildman–Crippen MR) is 133 cm³/mol. The Morgan fingerprint density at radius 1 is 1.03 bits per heavy atom. The molecule has 0 spiro atoms. The summed E-state index contributed by atoms with van der Waals surface area (Å²) in [6.07, 6.45) is 3.08. The van der Waals surface area contributed by atoms with Gasteiger partial charge in [-0.05, 0) is 48.2 Å². The monoisotopic (exact) mass is 507 g/mol. The number of nitrogens with two attached hydrogens (primary N) is 1. The van der Waals surface area contributed by atoms with Crippen molar-refractivity contribution >= 4 is 23.4 Å². The smallest absolute Gasteiger partial charge is 0.248 e. The first-order valence-electron chi connectivity index (χ1n) is 11.9. The molecule has 0 amide bonds. The van der Waals surface area contributed by atoms with Crippen molar-refractivity contribution in [3.05, 3.63) is 54.6 Å². The summed E-state index contributed by atoms with van der Waals surface area (Å²) in [5, 5.41) is 7.53. The summed E-state index contributed by atoms with van der Waals surface area (Å²) in [5.74, 6) is -1.27. The molecule has 1 aliphatic heterocycles. The van der Waals surface area contributed by atoms with E-state index in [0.717, 1.165) is 5.82 Å². The molecule has 2 fully saturated rings. The van der Waals surface area contributed by atoms with Gasteiger partial charge in [0.05, 0.1) is 5.69 Å². The third-order valence-electron chi connectivity index (χ3n) is 6.97. The van der Waals surface area contributed by atoms with E-state index in [1.54, 1.807) is 36.1 Å². The van der Waals surface area contributed by atoms with Crippen LogP contribution in [0.1, 0.15) is 12.8 Å². The van der Waals surface area contributed by atoms with E-state index in [4.69, 9.17) is 5.73 Å². The molecule has 12 heteroatoms. The molecule has 6 rings (SSSR count). The molecular weight excluding hydrogens is 483 g/mol. The zero-order valence-electron chi connectivity index (χ0n) is 19.9. The van der Waals surface area contributed by atoms with Gasteiger partial charge in [0.15, 0.2) is 5.82 Å². The number of rotatable bonds is 5. The van der Waals surface area contributed by atoms with Crippen molar-refractivity contribution in [1.82, 2.24) is 29.7 Å². The summed E-state index contributed by atoms with van der Waals surface area (Å²) in [6, 6.07) is 9.98. The van der Waals surface area contributed by atoms with Crippen LogP contribution in [-0.2, 0) is 7.05 Å². The summed E-state index contributed by atoms with van der Waals surface area (Å²) >= 11 is 0. The van der Waals surface area contributed by atoms with Crippen LogP contribution in [0.3, 0.4) is 0 Å². The van der Waals surface area contributed by atoms with Crippen molar-refractivity contribution in [1.29, 1.82) is 0 Å². The molecule has 9 nitrogen and oxygen atoms in total. The fourth-order valence-electron chi connectivity index (χ4n) is 5.21. The average molecular weight is 508 g/mol. The summed E-state index contributed by atoms with van der Waals surface area (Å²) in [6.45, 7) is 1.20. The largest absolute Gasteiger partial charge is 0.368 e. The van der Waals surface area contributed by atoms with E-state index >= 15 is 0 Å². The minimum absolute atomic E-state index is 0.0144. The lowest BCUT2D eigenvalue weighted by Crippen LogP contribution is -2.24. The van der Waals surface area contributed by atoms with Gasteiger partial charge >= 0.3 is 0 Å². The number of hydrogen-bond donors (Lipinski definition) is 2. The predicted octanol–water partition coefficient (Wildman–Crippen LogP) is 4.28. The summed E-state index contributed by atoms with van der Waals surface area (Å²) in [5.41, 5.74) is 7.50. The quantitative estimate of drug-likeness (QED) is 0.412. The molecular formula is C25H24F3N9. The minimum atomic E-state index is -2.53. The number of nitrogens with one attached hydrogen (secondary N) is 1. The van der Waals surface area contributed by atoms with Gasteiger partial charge in [-0.1, -0.05) is 0 Å². The fourth-order valence-corrected chi connectivity index (χ4v) is 5.21. The van der Waals surface area contributed by atoms with Crippen molar-refractivity contribution in [2.24, 2.45) is 18.9 Å². The number of anilines is 4. The third-order valence-corrected chi connectivity index (χ3v) is 6.97. The lowest BCUT2D eigenvalue weighted by Gasteiger charge is -2.20. The van der Waals surface area contributed by atoms with Crippen LogP contribution in [0.25, 0.3) is 22.6 Å². The summed E-state index contributed by atoms with van der Waals surface area (Å²) in [4.78, 5) is 19.0. The molecule has 4 aromatic rings. The molecule has 1 aromatic carbocycles. The van der Waals surface area contributed by atoms with E-state index in [0.29, 0.717) is 47.4 Å². The molecule has 1 aliphatic carbocycles. The Morgan fingerprint density at radius 2 is 1.81 bits per heavy atom. The SMILES string of the molecule is Cn1nc(-c2ccc(N3C[C@@H]4CC(F)(F)C[C@@H]4C3)nc2)nc1Nc1ccc(-c2ccnc(N)n2)c(F)c1. The van der Waals surface area contributed by atoms with E-state index in [-0.39, 0.29) is 30.6 Å².